The van der Waals surface area contributed by atoms with Crippen molar-refractivity contribution < 1.29 is 9.53 Å². The normalized spacial score (nSPS) is 23.8. The number of carbonyl (C=O) groups excluding carboxylic acids is 1. The van der Waals surface area contributed by atoms with Gasteiger partial charge in [0.15, 0.2) is 0 Å². The maximum absolute atomic E-state index is 12.1. The lowest BCUT2D eigenvalue weighted by Crippen LogP contribution is -2.49. The molecule has 18 heavy (non-hydrogen) atoms. The van der Waals surface area contributed by atoms with Crippen LogP contribution >= 0.6 is 11.6 Å². The highest BCUT2D eigenvalue weighted by Crippen LogP contribution is 2.21. The van der Waals surface area contributed by atoms with Crippen LogP contribution in [0.25, 0.3) is 0 Å². The number of morpholine rings is 1. The van der Waals surface area contributed by atoms with Crippen LogP contribution in [-0.4, -0.2) is 36.2 Å². The first kappa shape index (κ1) is 13.2. The second-order valence-electron chi connectivity index (χ2n) is 4.57. The van der Waals surface area contributed by atoms with Crippen LogP contribution in [0.2, 0.25) is 5.02 Å². The largest absolute Gasteiger partial charge is 0.372 e. The van der Waals surface area contributed by atoms with E-state index in [0.717, 1.165) is 0 Å². The molecular weight excluding hydrogens is 252 g/mol. The van der Waals surface area contributed by atoms with Gasteiger partial charge in [-0.15, -0.1) is 0 Å². The van der Waals surface area contributed by atoms with E-state index >= 15 is 0 Å². The number of para-hydroxylation sites is 1. The molecule has 0 spiro atoms. The molecule has 1 aliphatic rings. The van der Waals surface area contributed by atoms with E-state index < -0.39 is 0 Å². The molecule has 5 heteroatoms. The number of amides is 2. The van der Waals surface area contributed by atoms with E-state index in [1.165, 1.54) is 0 Å². The summed E-state index contributed by atoms with van der Waals surface area (Å²) in [5.74, 6) is 0. The molecule has 0 aliphatic carbocycles. The SMILES string of the molecule is C[C@H]1CN(C(=O)Nc2ccccc2Cl)C[C@H](C)O1. The fraction of sp³-hybridized carbons (Fsp3) is 0.462. The van der Waals surface area contributed by atoms with Gasteiger partial charge in [-0.1, -0.05) is 23.7 Å². The molecule has 2 amide bonds. The number of rotatable bonds is 1. The minimum Gasteiger partial charge on any atom is -0.372 e. The van der Waals surface area contributed by atoms with Crippen molar-refractivity contribution in [3.05, 3.63) is 29.3 Å². The number of anilines is 1. The third-order valence-electron chi connectivity index (χ3n) is 2.82. The van der Waals surface area contributed by atoms with E-state index in [4.69, 9.17) is 16.3 Å². The minimum atomic E-state index is -0.134. The van der Waals surface area contributed by atoms with Crippen LogP contribution in [-0.2, 0) is 4.74 Å². The van der Waals surface area contributed by atoms with Gasteiger partial charge in [-0.25, -0.2) is 4.79 Å². The van der Waals surface area contributed by atoms with Gasteiger partial charge in [-0.3, -0.25) is 0 Å². The fourth-order valence-corrected chi connectivity index (χ4v) is 2.28. The third kappa shape index (κ3) is 3.15. The first-order valence-corrected chi connectivity index (χ1v) is 6.40. The van der Waals surface area contributed by atoms with Gasteiger partial charge in [0.1, 0.15) is 0 Å². The van der Waals surface area contributed by atoms with Crippen molar-refractivity contribution in [1.29, 1.82) is 0 Å². The van der Waals surface area contributed by atoms with E-state index in [1.54, 1.807) is 17.0 Å². The lowest BCUT2D eigenvalue weighted by molar-refractivity contribution is -0.0530. The van der Waals surface area contributed by atoms with Gasteiger partial charge in [0.2, 0.25) is 0 Å². The Bertz CT molecular complexity index is 429. The lowest BCUT2D eigenvalue weighted by atomic mass is 10.2. The highest BCUT2D eigenvalue weighted by Gasteiger charge is 2.26. The van der Waals surface area contributed by atoms with E-state index in [-0.39, 0.29) is 18.2 Å². The summed E-state index contributed by atoms with van der Waals surface area (Å²) in [6.07, 6.45) is 0.122. The summed E-state index contributed by atoms with van der Waals surface area (Å²) < 4.78 is 5.59. The Morgan fingerprint density at radius 2 is 1.94 bits per heavy atom. The Morgan fingerprint density at radius 1 is 1.33 bits per heavy atom. The van der Waals surface area contributed by atoms with Crippen LogP contribution in [0, 0.1) is 0 Å². The molecule has 0 unspecified atom stereocenters. The molecule has 1 saturated heterocycles. The Kier molecular flexibility index (Phi) is 4.09. The summed E-state index contributed by atoms with van der Waals surface area (Å²) in [7, 11) is 0. The molecule has 0 radical (unpaired) electrons. The van der Waals surface area contributed by atoms with Crippen LogP contribution in [0.5, 0.6) is 0 Å². The zero-order chi connectivity index (χ0) is 13.1. The quantitative estimate of drug-likeness (QED) is 0.851. The molecule has 1 aromatic carbocycles. The molecular formula is C13H17ClN2O2. The average Bonchev–Trinajstić information content (AvgIpc) is 2.31. The second-order valence-corrected chi connectivity index (χ2v) is 4.98. The molecule has 1 N–H and O–H groups in total. The summed E-state index contributed by atoms with van der Waals surface area (Å²) in [4.78, 5) is 13.9. The van der Waals surface area contributed by atoms with Crippen LogP contribution in [0.15, 0.2) is 24.3 Å². The smallest absolute Gasteiger partial charge is 0.322 e. The number of carbonyl (C=O) groups is 1. The van der Waals surface area contributed by atoms with Gasteiger partial charge in [-0.05, 0) is 26.0 Å². The molecule has 4 nitrogen and oxygen atoms in total. The van der Waals surface area contributed by atoms with Crippen molar-refractivity contribution in [3.8, 4) is 0 Å². The van der Waals surface area contributed by atoms with Gasteiger partial charge < -0.3 is 15.0 Å². The summed E-state index contributed by atoms with van der Waals surface area (Å²) in [6.45, 7) is 5.12. The van der Waals surface area contributed by atoms with Crippen molar-refractivity contribution >= 4 is 23.3 Å². The maximum atomic E-state index is 12.1. The molecule has 1 aliphatic heterocycles. The number of urea groups is 1. The topological polar surface area (TPSA) is 41.6 Å². The minimum absolute atomic E-state index is 0.0609. The van der Waals surface area contributed by atoms with Gasteiger partial charge in [-0.2, -0.15) is 0 Å². The Morgan fingerprint density at radius 3 is 2.56 bits per heavy atom. The molecule has 0 saturated carbocycles. The molecule has 0 aromatic heterocycles. The Labute approximate surface area is 112 Å². The van der Waals surface area contributed by atoms with Crippen LogP contribution in [0.4, 0.5) is 10.5 Å². The predicted molar refractivity (Wildman–Crippen MR) is 72.1 cm³/mol. The second kappa shape index (κ2) is 5.59. The van der Waals surface area contributed by atoms with Gasteiger partial charge >= 0.3 is 6.03 Å². The molecule has 2 rings (SSSR count). The van der Waals surface area contributed by atoms with Crippen molar-refractivity contribution in [2.24, 2.45) is 0 Å². The molecule has 2 atom stereocenters. The summed E-state index contributed by atoms with van der Waals surface area (Å²) in [5.41, 5.74) is 0.635. The molecule has 98 valence electrons. The fourth-order valence-electron chi connectivity index (χ4n) is 2.10. The monoisotopic (exact) mass is 268 g/mol. The van der Waals surface area contributed by atoms with Crippen LogP contribution in [0.1, 0.15) is 13.8 Å². The molecule has 1 aromatic rings. The number of nitrogens with zero attached hydrogens (tertiary/aromatic N) is 1. The van der Waals surface area contributed by atoms with E-state index in [9.17, 15) is 4.79 Å². The van der Waals surface area contributed by atoms with E-state index in [2.05, 4.69) is 5.32 Å². The number of benzene rings is 1. The summed E-state index contributed by atoms with van der Waals surface area (Å²) in [6, 6.07) is 7.07. The van der Waals surface area contributed by atoms with Crippen LogP contribution in [0.3, 0.4) is 0 Å². The predicted octanol–water partition coefficient (Wildman–Crippen LogP) is 2.98. The van der Waals surface area contributed by atoms with Crippen LogP contribution < -0.4 is 5.32 Å². The molecule has 0 bridgehead atoms. The lowest BCUT2D eigenvalue weighted by Gasteiger charge is -2.35. The maximum Gasteiger partial charge on any atom is 0.322 e. The highest BCUT2D eigenvalue weighted by molar-refractivity contribution is 6.33. The highest BCUT2D eigenvalue weighted by atomic mass is 35.5. The first-order valence-electron chi connectivity index (χ1n) is 6.02. The number of hydrogen-bond acceptors (Lipinski definition) is 2. The summed E-state index contributed by atoms with van der Waals surface area (Å²) in [5, 5.41) is 3.36. The zero-order valence-electron chi connectivity index (χ0n) is 10.5. The number of nitrogens with one attached hydrogen (secondary N) is 1. The van der Waals surface area contributed by atoms with Gasteiger partial charge in [0.05, 0.1) is 22.9 Å². The first-order chi connectivity index (χ1) is 8.56. The Hall–Kier alpha value is -1.26. The molecule has 1 fully saturated rings. The third-order valence-corrected chi connectivity index (χ3v) is 3.15. The van der Waals surface area contributed by atoms with Gasteiger partial charge in [0, 0.05) is 13.1 Å². The molecule has 1 heterocycles. The average molecular weight is 269 g/mol. The standard InChI is InChI=1S/C13H17ClN2O2/c1-9-7-16(8-10(2)18-9)13(17)15-12-6-4-3-5-11(12)14/h3-6,9-10H,7-8H2,1-2H3,(H,15,17)/t9-,10-/m0/s1. The zero-order valence-corrected chi connectivity index (χ0v) is 11.3. The van der Waals surface area contributed by atoms with Crippen molar-refractivity contribution in [2.75, 3.05) is 18.4 Å². The van der Waals surface area contributed by atoms with Crippen molar-refractivity contribution in [3.63, 3.8) is 0 Å². The van der Waals surface area contributed by atoms with Crippen molar-refractivity contribution in [2.45, 2.75) is 26.1 Å². The van der Waals surface area contributed by atoms with Gasteiger partial charge in [0.25, 0.3) is 0 Å². The van der Waals surface area contributed by atoms with Crippen molar-refractivity contribution in [1.82, 2.24) is 4.90 Å². The summed E-state index contributed by atoms with van der Waals surface area (Å²) >= 11 is 6.01. The van der Waals surface area contributed by atoms with E-state index in [0.29, 0.717) is 23.8 Å². The number of hydrogen-bond donors (Lipinski definition) is 1. The Balaban J connectivity index is 2.02. The van der Waals surface area contributed by atoms with E-state index in [1.807, 2.05) is 26.0 Å². The number of ether oxygens (including phenoxy) is 1. The number of halogens is 1.